The standard InChI is InChI=1S/C26H33N5O3/c1-3-23(32)29-10-8-19-20(14-27)26(28-25(18-6-7-18)21(19)15-29)30-11-12-31(24(33)9-13-34-2)22(16-30)17-4-5-17/h3,17-18,22H,1,4-13,15-16H2,2H3. The molecule has 0 bridgehead atoms. The number of pyridine rings is 1. The van der Waals surface area contributed by atoms with Gasteiger partial charge >= 0.3 is 0 Å². The van der Waals surface area contributed by atoms with E-state index in [9.17, 15) is 14.9 Å². The van der Waals surface area contributed by atoms with Gasteiger partial charge in [0.25, 0.3) is 0 Å². The highest BCUT2D eigenvalue weighted by Crippen LogP contribution is 2.45. The smallest absolute Gasteiger partial charge is 0.246 e. The highest BCUT2D eigenvalue weighted by molar-refractivity contribution is 5.87. The van der Waals surface area contributed by atoms with E-state index >= 15 is 0 Å². The van der Waals surface area contributed by atoms with Crippen LogP contribution in [0.3, 0.4) is 0 Å². The van der Waals surface area contributed by atoms with Crippen molar-refractivity contribution in [2.24, 2.45) is 5.92 Å². The Labute approximate surface area is 201 Å². The third-order valence-corrected chi connectivity index (χ3v) is 7.69. The third-order valence-electron chi connectivity index (χ3n) is 7.69. The molecule has 1 atom stereocenters. The predicted octanol–water partition coefficient (Wildman–Crippen LogP) is 2.37. The molecule has 3 heterocycles. The Kier molecular flexibility index (Phi) is 6.30. The van der Waals surface area contributed by atoms with Crippen LogP contribution in [0.1, 0.15) is 60.4 Å². The molecule has 2 amide bonds. The Morgan fingerprint density at radius 3 is 2.65 bits per heavy atom. The molecule has 8 heteroatoms. The van der Waals surface area contributed by atoms with Gasteiger partial charge in [0.2, 0.25) is 11.8 Å². The van der Waals surface area contributed by atoms with E-state index in [2.05, 4.69) is 17.5 Å². The monoisotopic (exact) mass is 463 g/mol. The molecule has 34 heavy (non-hydrogen) atoms. The lowest BCUT2D eigenvalue weighted by Crippen LogP contribution is -2.56. The molecule has 0 N–H and O–H groups in total. The third kappa shape index (κ3) is 4.29. The number of ether oxygens (including phenoxy) is 1. The molecule has 2 saturated carbocycles. The zero-order valence-electron chi connectivity index (χ0n) is 20.0. The molecule has 1 aromatic heterocycles. The van der Waals surface area contributed by atoms with Crippen molar-refractivity contribution in [2.45, 2.75) is 57.0 Å². The van der Waals surface area contributed by atoms with Crippen LogP contribution < -0.4 is 4.90 Å². The van der Waals surface area contributed by atoms with Gasteiger partial charge in [0.05, 0.1) is 30.3 Å². The number of carbonyl (C=O) groups excluding carboxylic acids is 2. The Hall–Kier alpha value is -2.92. The van der Waals surface area contributed by atoms with Gasteiger partial charge in [0, 0.05) is 45.8 Å². The fourth-order valence-corrected chi connectivity index (χ4v) is 5.53. The normalized spacial score (nSPS) is 22.2. The van der Waals surface area contributed by atoms with E-state index in [1.807, 2.05) is 4.90 Å². The lowest BCUT2D eigenvalue weighted by Gasteiger charge is -2.43. The summed E-state index contributed by atoms with van der Waals surface area (Å²) < 4.78 is 5.13. The molecule has 3 fully saturated rings. The van der Waals surface area contributed by atoms with E-state index in [4.69, 9.17) is 9.72 Å². The maximum absolute atomic E-state index is 12.8. The number of piperazine rings is 1. The zero-order valence-corrected chi connectivity index (χ0v) is 20.0. The number of nitrogens with zero attached hydrogens (tertiary/aromatic N) is 5. The highest BCUT2D eigenvalue weighted by Gasteiger charge is 2.42. The van der Waals surface area contributed by atoms with Crippen molar-refractivity contribution in [2.75, 3.05) is 44.8 Å². The van der Waals surface area contributed by atoms with E-state index in [1.54, 1.807) is 12.0 Å². The fraction of sp³-hybridized carbons (Fsp3) is 0.615. The van der Waals surface area contributed by atoms with Crippen molar-refractivity contribution in [1.82, 2.24) is 14.8 Å². The van der Waals surface area contributed by atoms with Crippen LogP contribution >= 0.6 is 0 Å². The highest BCUT2D eigenvalue weighted by atomic mass is 16.5. The molecule has 1 aromatic rings. The minimum absolute atomic E-state index is 0.0727. The molecule has 0 aromatic carbocycles. The van der Waals surface area contributed by atoms with Crippen LogP contribution in [0.25, 0.3) is 0 Å². The quantitative estimate of drug-likeness (QED) is 0.577. The molecular weight excluding hydrogens is 430 g/mol. The van der Waals surface area contributed by atoms with Crippen molar-refractivity contribution in [1.29, 1.82) is 5.26 Å². The topological polar surface area (TPSA) is 89.8 Å². The van der Waals surface area contributed by atoms with Crippen LogP contribution in [0, 0.1) is 17.2 Å². The summed E-state index contributed by atoms with van der Waals surface area (Å²) in [4.78, 5) is 36.3. The molecule has 8 nitrogen and oxygen atoms in total. The molecule has 5 rings (SSSR count). The maximum Gasteiger partial charge on any atom is 0.246 e. The number of fused-ring (bicyclic) bond motifs is 1. The predicted molar refractivity (Wildman–Crippen MR) is 127 cm³/mol. The number of hydrogen-bond donors (Lipinski definition) is 0. The molecule has 2 aliphatic carbocycles. The summed E-state index contributed by atoms with van der Waals surface area (Å²) in [6, 6.07) is 2.62. The van der Waals surface area contributed by atoms with E-state index in [0.29, 0.717) is 63.0 Å². The summed E-state index contributed by atoms with van der Waals surface area (Å²) in [5.41, 5.74) is 3.84. The second kappa shape index (κ2) is 9.38. The first-order valence-corrected chi connectivity index (χ1v) is 12.5. The van der Waals surface area contributed by atoms with Crippen LogP contribution in [0.5, 0.6) is 0 Å². The van der Waals surface area contributed by atoms with Gasteiger partial charge in [-0.3, -0.25) is 9.59 Å². The largest absolute Gasteiger partial charge is 0.384 e. The molecule has 4 aliphatic rings. The fourth-order valence-electron chi connectivity index (χ4n) is 5.53. The Morgan fingerprint density at radius 2 is 2.00 bits per heavy atom. The van der Waals surface area contributed by atoms with Crippen molar-refractivity contribution in [3.05, 3.63) is 35.0 Å². The van der Waals surface area contributed by atoms with Gasteiger partial charge in [0.15, 0.2) is 0 Å². The minimum Gasteiger partial charge on any atom is -0.384 e. The first-order valence-electron chi connectivity index (χ1n) is 12.5. The minimum atomic E-state index is -0.0727. The zero-order chi connectivity index (χ0) is 23.8. The number of nitriles is 1. The lowest BCUT2D eigenvalue weighted by molar-refractivity contribution is -0.135. The maximum atomic E-state index is 12.8. The molecule has 0 radical (unpaired) electrons. The van der Waals surface area contributed by atoms with Gasteiger partial charge in [-0.25, -0.2) is 4.98 Å². The van der Waals surface area contributed by atoms with Crippen molar-refractivity contribution in [3.8, 4) is 6.07 Å². The van der Waals surface area contributed by atoms with Crippen LogP contribution in [-0.4, -0.2) is 72.5 Å². The molecule has 2 aliphatic heterocycles. The second-order valence-electron chi connectivity index (χ2n) is 9.93. The number of methoxy groups -OCH3 is 1. The van der Waals surface area contributed by atoms with E-state index in [0.717, 1.165) is 54.9 Å². The first-order chi connectivity index (χ1) is 16.5. The Balaban J connectivity index is 1.46. The van der Waals surface area contributed by atoms with Gasteiger partial charge in [0.1, 0.15) is 11.9 Å². The Bertz CT molecular complexity index is 1040. The average molecular weight is 464 g/mol. The van der Waals surface area contributed by atoms with Crippen LogP contribution in [-0.2, 0) is 27.3 Å². The summed E-state index contributed by atoms with van der Waals surface area (Å²) in [5, 5.41) is 10.2. The number of rotatable bonds is 7. The van der Waals surface area contributed by atoms with Crippen molar-refractivity contribution in [3.63, 3.8) is 0 Å². The van der Waals surface area contributed by atoms with Gasteiger partial charge in [-0.2, -0.15) is 5.26 Å². The van der Waals surface area contributed by atoms with Crippen molar-refractivity contribution >= 4 is 17.6 Å². The van der Waals surface area contributed by atoms with Crippen LogP contribution in [0.4, 0.5) is 5.82 Å². The summed E-state index contributed by atoms with van der Waals surface area (Å²) in [6.07, 6.45) is 6.94. The molecule has 180 valence electrons. The van der Waals surface area contributed by atoms with Crippen LogP contribution in [0.2, 0.25) is 0 Å². The summed E-state index contributed by atoms with van der Waals surface area (Å²) in [5.74, 6) is 1.80. The number of amides is 2. The molecule has 1 saturated heterocycles. The first kappa shape index (κ1) is 22.9. The molecule has 1 unspecified atom stereocenters. The summed E-state index contributed by atoms with van der Waals surface area (Å²) >= 11 is 0. The number of anilines is 1. The number of aromatic nitrogens is 1. The van der Waals surface area contributed by atoms with Crippen LogP contribution in [0.15, 0.2) is 12.7 Å². The lowest BCUT2D eigenvalue weighted by atomic mass is 9.92. The molecular formula is C26H33N5O3. The van der Waals surface area contributed by atoms with E-state index in [-0.39, 0.29) is 17.9 Å². The molecule has 0 spiro atoms. The van der Waals surface area contributed by atoms with E-state index < -0.39 is 0 Å². The Morgan fingerprint density at radius 1 is 1.21 bits per heavy atom. The summed E-state index contributed by atoms with van der Waals surface area (Å²) in [6.45, 7) is 7.20. The summed E-state index contributed by atoms with van der Waals surface area (Å²) in [7, 11) is 1.62. The number of carbonyl (C=O) groups is 2. The van der Waals surface area contributed by atoms with Gasteiger partial charge < -0.3 is 19.4 Å². The average Bonchev–Trinajstić information content (AvgIpc) is 3.78. The van der Waals surface area contributed by atoms with E-state index in [1.165, 1.54) is 6.08 Å². The van der Waals surface area contributed by atoms with Gasteiger partial charge in [-0.05, 0) is 55.2 Å². The SMILES string of the molecule is C=CC(=O)N1CCc2c(C#N)c(N3CCN(C(=O)CCOC)C(C4CC4)C3)nc(C3CC3)c2C1. The van der Waals surface area contributed by atoms with Gasteiger partial charge in [-0.15, -0.1) is 0 Å². The number of hydrogen-bond acceptors (Lipinski definition) is 6. The second-order valence-corrected chi connectivity index (χ2v) is 9.93. The van der Waals surface area contributed by atoms with Gasteiger partial charge in [-0.1, -0.05) is 6.58 Å². The van der Waals surface area contributed by atoms with Crippen molar-refractivity contribution < 1.29 is 14.3 Å².